The van der Waals surface area contributed by atoms with Gasteiger partial charge in [-0.2, -0.15) is 0 Å². The Morgan fingerprint density at radius 1 is 1.04 bits per heavy atom. The van der Waals surface area contributed by atoms with Crippen LogP contribution in [0.15, 0.2) is 24.4 Å². The van der Waals surface area contributed by atoms with Crippen molar-refractivity contribution in [1.29, 1.82) is 0 Å². The van der Waals surface area contributed by atoms with Gasteiger partial charge in [0, 0.05) is 23.7 Å². The quantitative estimate of drug-likeness (QED) is 0.848. The number of rotatable bonds is 6. The molecule has 4 nitrogen and oxygen atoms in total. The van der Waals surface area contributed by atoms with Crippen molar-refractivity contribution in [2.75, 3.05) is 6.61 Å². The molecule has 0 aliphatic heterocycles. The fourth-order valence-electron chi connectivity index (χ4n) is 2.64. The maximum Gasteiger partial charge on any atom is 0.216 e. The molecule has 24 heavy (non-hydrogen) atoms. The summed E-state index contributed by atoms with van der Waals surface area (Å²) in [6, 6.07) is 5.94. The van der Waals surface area contributed by atoms with E-state index in [0.717, 1.165) is 33.4 Å². The highest BCUT2D eigenvalue weighted by Gasteiger charge is 2.16. The number of aliphatic hydroxyl groups excluding tert-OH is 1. The number of hydrogen-bond donors (Lipinski definition) is 2. The van der Waals surface area contributed by atoms with Crippen molar-refractivity contribution in [2.24, 2.45) is 0 Å². The topological polar surface area (TPSA) is 62.6 Å². The van der Waals surface area contributed by atoms with Crippen molar-refractivity contribution in [1.82, 2.24) is 4.98 Å². The standard InChI is InChI=1S/C20H27NO3/c1-13-14(2)19(24-10-9-20(4,5)23)21-11-18(13)17-8-6-7-16(12-22)15(17)3/h6-8,11,22-23H,9-10,12H2,1-5H3. The highest BCUT2D eigenvalue weighted by atomic mass is 16.5. The summed E-state index contributed by atoms with van der Waals surface area (Å²) in [5.41, 5.74) is 5.49. The van der Waals surface area contributed by atoms with Crippen LogP contribution in [0.5, 0.6) is 5.88 Å². The molecule has 0 fully saturated rings. The van der Waals surface area contributed by atoms with Crippen molar-refractivity contribution in [3.05, 3.63) is 46.6 Å². The van der Waals surface area contributed by atoms with Gasteiger partial charge in [-0.05, 0) is 56.9 Å². The van der Waals surface area contributed by atoms with E-state index in [1.54, 1.807) is 13.8 Å². The molecule has 0 aliphatic carbocycles. The lowest BCUT2D eigenvalue weighted by Crippen LogP contribution is -2.22. The molecule has 1 aromatic heterocycles. The molecular formula is C20H27NO3. The number of pyridine rings is 1. The first kappa shape index (κ1) is 18.4. The van der Waals surface area contributed by atoms with Crippen molar-refractivity contribution in [3.8, 4) is 17.0 Å². The molecule has 1 aromatic carbocycles. The Morgan fingerprint density at radius 2 is 1.75 bits per heavy atom. The number of nitrogens with zero attached hydrogens (tertiary/aromatic N) is 1. The van der Waals surface area contributed by atoms with Crippen LogP contribution in [0.25, 0.3) is 11.1 Å². The van der Waals surface area contributed by atoms with Crippen LogP contribution < -0.4 is 4.74 Å². The van der Waals surface area contributed by atoms with Crippen LogP contribution >= 0.6 is 0 Å². The number of benzene rings is 1. The van der Waals surface area contributed by atoms with Crippen LogP contribution in [0, 0.1) is 20.8 Å². The summed E-state index contributed by atoms with van der Waals surface area (Å²) in [7, 11) is 0. The summed E-state index contributed by atoms with van der Waals surface area (Å²) in [5, 5.41) is 19.2. The van der Waals surface area contributed by atoms with Gasteiger partial charge in [0.05, 0.1) is 18.8 Å². The second-order valence-electron chi connectivity index (χ2n) is 6.89. The molecule has 4 heteroatoms. The lowest BCUT2D eigenvalue weighted by Gasteiger charge is -2.19. The summed E-state index contributed by atoms with van der Waals surface area (Å²) in [6.45, 7) is 10.1. The van der Waals surface area contributed by atoms with Gasteiger partial charge in [-0.15, -0.1) is 0 Å². The minimum atomic E-state index is -0.745. The molecule has 0 saturated heterocycles. The third-order valence-corrected chi connectivity index (χ3v) is 4.46. The zero-order valence-corrected chi connectivity index (χ0v) is 15.2. The Morgan fingerprint density at radius 3 is 2.38 bits per heavy atom. The van der Waals surface area contributed by atoms with Crippen molar-refractivity contribution in [2.45, 2.75) is 53.2 Å². The lowest BCUT2D eigenvalue weighted by molar-refractivity contribution is 0.0545. The molecule has 130 valence electrons. The predicted octanol–water partition coefficient (Wildman–Crippen LogP) is 3.71. The first-order valence-corrected chi connectivity index (χ1v) is 8.25. The Balaban J connectivity index is 2.31. The molecule has 0 spiro atoms. The Hall–Kier alpha value is -1.91. The fraction of sp³-hybridized carbons (Fsp3) is 0.450. The van der Waals surface area contributed by atoms with Crippen LogP contribution in [0.4, 0.5) is 0 Å². The van der Waals surface area contributed by atoms with Gasteiger partial charge in [0.2, 0.25) is 5.88 Å². The number of aliphatic hydroxyl groups is 2. The minimum absolute atomic E-state index is 0.0310. The van der Waals surface area contributed by atoms with Gasteiger partial charge in [0.1, 0.15) is 0 Å². The predicted molar refractivity (Wildman–Crippen MR) is 96.2 cm³/mol. The molecule has 0 radical (unpaired) electrons. The average Bonchev–Trinajstić information content (AvgIpc) is 2.51. The van der Waals surface area contributed by atoms with Crippen LogP contribution in [-0.2, 0) is 6.61 Å². The van der Waals surface area contributed by atoms with E-state index < -0.39 is 5.60 Å². The van der Waals surface area contributed by atoms with E-state index in [1.807, 2.05) is 38.2 Å². The Kier molecular flexibility index (Phi) is 5.62. The molecule has 2 rings (SSSR count). The monoisotopic (exact) mass is 329 g/mol. The maximum absolute atomic E-state index is 9.77. The second-order valence-corrected chi connectivity index (χ2v) is 6.89. The second kappa shape index (κ2) is 7.32. The number of aromatic nitrogens is 1. The van der Waals surface area contributed by atoms with E-state index >= 15 is 0 Å². The Labute approximate surface area is 144 Å². The first-order chi connectivity index (χ1) is 11.2. The number of hydrogen-bond acceptors (Lipinski definition) is 4. The van der Waals surface area contributed by atoms with E-state index in [9.17, 15) is 10.2 Å². The smallest absolute Gasteiger partial charge is 0.216 e. The van der Waals surface area contributed by atoms with E-state index in [2.05, 4.69) is 11.9 Å². The van der Waals surface area contributed by atoms with Crippen molar-refractivity contribution >= 4 is 0 Å². The van der Waals surface area contributed by atoms with Gasteiger partial charge in [0.15, 0.2) is 0 Å². The minimum Gasteiger partial charge on any atom is -0.477 e. The molecule has 0 amide bonds. The highest BCUT2D eigenvalue weighted by molar-refractivity contribution is 5.72. The molecule has 0 atom stereocenters. The summed E-state index contributed by atoms with van der Waals surface area (Å²) < 4.78 is 5.75. The van der Waals surface area contributed by atoms with E-state index in [1.165, 1.54) is 0 Å². The largest absolute Gasteiger partial charge is 0.477 e. The molecule has 1 heterocycles. The fourth-order valence-corrected chi connectivity index (χ4v) is 2.64. The van der Waals surface area contributed by atoms with E-state index in [-0.39, 0.29) is 6.61 Å². The third kappa shape index (κ3) is 4.13. The van der Waals surface area contributed by atoms with Crippen molar-refractivity contribution < 1.29 is 14.9 Å². The maximum atomic E-state index is 9.77. The zero-order valence-electron chi connectivity index (χ0n) is 15.2. The van der Waals surface area contributed by atoms with Gasteiger partial charge in [-0.3, -0.25) is 0 Å². The van der Waals surface area contributed by atoms with Crippen LogP contribution in [0.1, 0.15) is 42.5 Å². The van der Waals surface area contributed by atoms with Gasteiger partial charge in [0.25, 0.3) is 0 Å². The molecule has 0 saturated carbocycles. The van der Waals surface area contributed by atoms with E-state index in [0.29, 0.717) is 18.9 Å². The van der Waals surface area contributed by atoms with Crippen molar-refractivity contribution in [3.63, 3.8) is 0 Å². The van der Waals surface area contributed by atoms with Crippen LogP contribution in [0.3, 0.4) is 0 Å². The average molecular weight is 329 g/mol. The molecule has 0 unspecified atom stereocenters. The summed E-state index contributed by atoms with van der Waals surface area (Å²) >= 11 is 0. The summed E-state index contributed by atoms with van der Waals surface area (Å²) in [6.07, 6.45) is 2.37. The zero-order chi connectivity index (χ0) is 17.9. The molecule has 0 bridgehead atoms. The first-order valence-electron chi connectivity index (χ1n) is 8.25. The third-order valence-electron chi connectivity index (χ3n) is 4.46. The van der Waals surface area contributed by atoms with Crippen LogP contribution in [-0.4, -0.2) is 27.4 Å². The van der Waals surface area contributed by atoms with E-state index in [4.69, 9.17) is 4.74 Å². The number of ether oxygens (including phenoxy) is 1. The lowest BCUT2D eigenvalue weighted by atomic mass is 9.93. The Bertz CT molecular complexity index is 718. The van der Waals surface area contributed by atoms with Gasteiger partial charge in [-0.25, -0.2) is 4.98 Å². The summed E-state index contributed by atoms with van der Waals surface area (Å²) in [5.74, 6) is 0.608. The molecule has 2 aromatic rings. The molecule has 2 N–H and O–H groups in total. The van der Waals surface area contributed by atoms with Gasteiger partial charge >= 0.3 is 0 Å². The van der Waals surface area contributed by atoms with Gasteiger partial charge < -0.3 is 14.9 Å². The highest BCUT2D eigenvalue weighted by Crippen LogP contribution is 2.32. The normalized spacial score (nSPS) is 11.6. The SMILES string of the molecule is Cc1c(CO)cccc1-c1cnc(OCCC(C)(C)O)c(C)c1C. The molecule has 0 aliphatic rings. The molecular weight excluding hydrogens is 302 g/mol. The van der Waals surface area contributed by atoms with Gasteiger partial charge in [-0.1, -0.05) is 18.2 Å². The van der Waals surface area contributed by atoms with Crippen LogP contribution in [0.2, 0.25) is 0 Å². The summed E-state index contributed by atoms with van der Waals surface area (Å²) in [4.78, 5) is 4.47.